The Morgan fingerprint density at radius 3 is 2.30 bits per heavy atom. The van der Waals surface area contributed by atoms with Crippen LogP contribution in [0.3, 0.4) is 0 Å². The van der Waals surface area contributed by atoms with Crippen molar-refractivity contribution in [3.8, 4) is 0 Å². The standard InChI is InChI=1S/C17H23BrF2/c1-11(2)10-17(6-4-5-7-17)16(18)13-9-14(19)12(3)8-15(13)20/h8-9,11,16H,4-7,10H2,1-3H3. The van der Waals surface area contributed by atoms with Crippen molar-refractivity contribution in [3.05, 3.63) is 34.9 Å². The van der Waals surface area contributed by atoms with Gasteiger partial charge in [0.2, 0.25) is 0 Å². The molecule has 20 heavy (non-hydrogen) atoms. The number of aryl methyl sites for hydroxylation is 1. The van der Waals surface area contributed by atoms with E-state index < -0.39 is 0 Å². The van der Waals surface area contributed by atoms with Crippen molar-refractivity contribution in [1.82, 2.24) is 0 Å². The van der Waals surface area contributed by atoms with Gasteiger partial charge in [-0.05, 0) is 55.2 Å². The molecular weight excluding hydrogens is 322 g/mol. The molecule has 0 amide bonds. The predicted octanol–water partition coefficient (Wildman–Crippen LogP) is 6.32. The van der Waals surface area contributed by atoms with E-state index in [0.717, 1.165) is 19.3 Å². The molecule has 2 rings (SSSR count). The lowest BCUT2D eigenvalue weighted by atomic mass is 9.74. The van der Waals surface area contributed by atoms with Crippen molar-refractivity contribution < 1.29 is 8.78 Å². The highest BCUT2D eigenvalue weighted by Gasteiger charge is 2.42. The molecule has 0 aromatic heterocycles. The number of rotatable bonds is 4. The molecule has 1 aromatic carbocycles. The third-order valence-corrected chi connectivity index (χ3v) is 5.97. The van der Waals surface area contributed by atoms with Gasteiger partial charge in [0.05, 0.1) is 0 Å². The smallest absolute Gasteiger partial charge is 0.128 e. The summed E-state index contributed by atoms with van der Waals surface area (Å²) in [5.74, 6) is -0.0455. The monoisotopic (exact) mass is 344 g/mol. The first-order chi connectivity index (χ1) is 9.35. The van der Waals surface area contributed by atoms with Crippen LogP contribution in [-0.4, -0.2) is 0 Å². The summed E-state index contributed by atoms with van der Waals surface area (Å²) in [7, 11) is 0. The van der Waals surface area contributed by atoms with Crippen LogP contribution in [0.5, 0.6) is 0 Å². The molecule has 0 aliphatic heterocycles. The summed E-state index contributed by atoms with van der Waals surface area (Å²) < 4.78 is 28.1. The third-order valence-electron chi connectivity index (χ3n) is 4.50. The summed E-state index contributed by atoms with van der Waals surface area (Å²) >= 11 is 3.70. The fraction of sp³-hybridized carbons (Fsp3) is 0.647. The molecule has 0 heterocycles. The Morgan fingerprint density at radius 2 is 1.75 bits per heavy atom. The maximum atomic E-state index is 14.2. The molecule has 3 heteroatoms. The summed E-state index contributed by atoms with van der Waals surface area (Å²) in [6.45, 7) is 6.00. The fourth-order valence-electron chi connectivity index (χ4n) is 3.64. The van der Waals surface area contributed by atoms with E-state index in [9.17, 15) is 8.78 Å². The Hall–Kier alpha value is -0.440. The van der Waals surface area contributed by atoms with Crippen molar-refractivity contribution >= 4 is 15.9 Å². The van der Waals surface area contributed by atoms with E-state index in [-0.39, 0.29) is 21.9 Å². The van der Waals surface area contributed by atoms with Crippen LogP contribution < -0.4 is 0 Å². The highest BCUT2D eigenvalue weighted by molar-refractivity contribution is 9.09. The van der Waals surface area contributed by atoms with E-state index in [1.54, 1.807) is 6.92 Å². The molecule has 0 saturated heterocycles. The second-order valence-electron chi connectivity index (χ2n) is 6.65. The molecule has 0 radical (unpaired) electrons. The van der Waals surface area contributed by atoms with Crippen LogP contribution in [0.25, 0.3) is 0 Å². The van der Waals surface area contributed by atoms with Crippen LogP contribution in [0, 0.1) is 29.9 Å². The van der Waals surface area contributed by atoms with Crippen LogP contribution in [-0.2, 0) is 0 Å². The minimum Gasteiger partial charge on any atom is -0.207 e. The number of halogens is 3. The van der Waals surface area contributed by atoms with Gasteiger partial charge in [-0.2, -0.15) is 0 Å². The molecule has 112 valence electrons. The van der Waals surface area contributed by atoms with E-state index in [0.29, 0.717) is 17.0 Å². The zero-order valence-electron chi connectivity index (χ0n) is 12.5. The second kappa shape index (κ2) is 6.13. The quantitative estimate of drug-likeness (QED) is 0.561. The average Bonchev–Trinajstić information content (AvgIpc) is 2.81. The lowest BCUT2D eigenvalue weighted by Gasteiger charge is -2.36. The van der Waals surface area contributed by atoms with E-state index in [1.165, 1.54) is 25.0 Å². The van der Waals surface area contributed by atoms with Crippen molar-refractivity contribution in [2.75, 3.05) is 0 Å². The van der Waals surface area contributed by atoms with Gasteiger partial charge in [-0.3, -0.25) is 0 Å². The van der Waals surface area contributed by atoms with Crippen LogP contribution in [0.2, 0.25) is 0 Å². The van der Waals surface area contributed by atoms with Crippen molar-refractivity contribution in [3.63, 3.8) is 0 Å². The average molecular weight is 345 g/mol. The molecule has 1 saturated carbocycles. The molecule has 0 nitrogen and oxygen atoms in total. The first-order valence-electron chi connectivity index (χ1n) is 7.45. The summed E-state index contributed by atoms with van der Waals surface area (Å²) in [4.78, 5) is -0.102. The molecule has 0 N–H and O–H groups in total. The molecule has 1 atom stereocenters. The maximum absolute atomic E-state index is 14.2. The molecule has 0 bridgehead atoms. The Labute approximate surface area is 129 Å². The Balaban J connectivity index is 2.37. The maximum Gasteiger partial charge on any atom is 0.128 e. The number of benzene rings is 1. The van der Waals surface area contributed by atoms with Crippen molar-refractivity contribution in [2.24, 2.45) is 11.3 Å². The summed E-state index contributed by atoms with van der Waals surface area (Å²) in [5, 5.41) is 0. The van der Waals surface area contributed by atoms with E-state index >= 15 is 0 Å². The minimum absolute atomic E-state index is 0.0662. The zero-order valence-corrected chi connectivity index (χ0v) is 14.1. The van der Waals surface area contributed by atoms with Crippen molar-refractivity contribution in [1.29, 1.82) is 0 Å². The first kappa shape index (κ1) is 15.9. The molecule has 1 unspecified atom stereocenters. The number of alkyl halides is 1. The van der Waals surface area contributed by atoms with Gasteiger partial charge in [-0.1, -0.05) is 42.6 Å². The van der Waals surface area contributed by atoms with E-state index in [1.807, 2.05) is 0 Å². The molecule has 1 aliphatic carbocycles. The largest absolute Gasteiger partial charge is 0.207 e. The van der Waals surface area contributed by atoms with Gasteiger partial charge in [-0.15, -0.1) is 0 Å². The van der Waals surface area contributed by atoms with Crippen molar-refractivity contribution in [2.45, 2.75) is 57.7 Å². The van der Waals surface area contributed by atoms with E-state index in [2.05, 4.69) is 29.8 Å². The molecule has 0 spiro atoms. The predicted molar refractivity (Wildman–Crippen MR) is 83.1 cm³/mol. The fourth-order valence-corrected chi connectivity index (χ4v) is 4.63. The van der Waals surface area contributed by atoms with Crippen LogP contribution in [0.15, 0.2) is 12.1 Å². The van der Waals surface area contributed by atoms with Crippen LogP contribution in [0.1, 0.15) is 61.9 Å². The Morgan fingerprint density at radius 1 is 1.15 bits per heavy atom. The Kier molecular flexibility index (Phi) is 4.88. The number of hydrogen-bond acceptors (Lipinski definition) is 0. The van der Waals surface area contributed by atoms with Gasteiger partial charge in [0, 0.05) is 10.4 Å². The third kappa shape index (κ3) is 3.08. The number of hydrogen-bond donors (Lipinski definition) is 0. The summed E-state index contributed by atoms with van der Waals surface area (Å²) in [6, 6.07) is 2.70. The van der Waals surface area contributed by atoms with Gasteiger partial charge in [0.1, 0.15) is 11.6 Å². The SMILES string of the molecule is Cc1cc(F)c(C(Br)C2(CC(C)C)CCCC2)cc1F. The normalized spacial score (nSPS) is 19.6. The van der Waals surface area contributed by atoms with Gasteiger partial charge < -0.3 is 0 Å². The molecular formula is C17H23BrF2. The topological polar surface area (TPSA) is 0 Å². The summed E-state index contributed by atoms with van der Waals surface area (Å²) in [5.41, 5.74) is 0.919. The lowest BCUT2D eigenvalue weighted by molar-refractivity contribution is 0.227. The highest BCUT2D eigenvalue weighted by atomic mass is 79.9. The first-order valence-corrected chi connectivity index (χ1v) is 8.37. The van der Waals surface area contributed by atoms with Gasteiger partial charge in [0.25, 0.3) is 0 Å². The van der Waals surface area contributed by atoms with Gasteiger partial charge in [-0.25, -0.2) is 8.78 Å². The summed E-state index contributed by atoms with van der Waals surface area (Å²) in [6.07, 6.45) is 5.61. The minimum atomic E-state index is -0.316. The Bertz CT molecular complexity index is 476. The van der Waals surface area contributed by atoms with Crippen LogP contribution >= 0.6 is 15.9 Å². The highest BCUT2D eigenvalue weighted by Crippen LogP contribution is 2.55. The second-order valence-corrected chi connectivity index (χ2v) is 7.57. The molecule has 1 aliphatic rings. The van der Waals surface area contributed by atoms with Gasteiger partial charge >= 0.3 is 0 Å². The van der Waals surface area contributed by atoms with Gasteiger partial charge in [0.15, 0.2) is 0 Å². The molecule has 1 aromatic rings. The lowest BCUT2D eigenvalue weighted by Crippen LogP contribution is -2.25. The van der Waals surface area contributed by atoms with E-state index in [4.69, 9.17) is 0 Å². The molecule has 1 fully saturated rings. The van der Waals surface area contributed by atoms with Crippen LogP contribution in [0.4, 0.5) is 8.78 Å². The zero-order chi connectivity index (χ0) is 14.9.